The third-order valence-electron chi connectivity index (χ3n) is 3.65. The van der Waals surface area contributed by atoms with Crippen molar-refractivity contribution in [3.63, 3.8) is 0 Å². The van der Waals surface area contributed by atoms with Crippen LogP contribution in [0.25, 0.3) is 5.57 Å². The van der Waals surface area contributed by atoms with Crippen molar-refractivity contribution in [1.82, 2.24) is 13.9 Å². The maximum atomic E-state index is 12.4. The molecule has 0 amide bonds. The van der Waals surface area contributed by atoms with Crippen molar-refractivity contribution in [2.24, 2.45) is 14.1 Å². The first kappa shape index (κ1) is 22.0. The summed E-state index contributed by atoms with van der Waals surface area (Å²) in [5.74, 6) is -0.576. The zero-order valence-electron chi connectivity index (χ0n) is 16.1. The maximum Gasteiger partial charge on any atom is 0.330 e. The molecule has 1 N–H and O–H groups in total. The molecular formula is C17H27N3O5S. The largest absolute Gasteiger partial charge is 0.465 e. The quantitative estimate of drug-likeness (QED) is 0.688. The molecular weight excluding hydrogens is 358 g/mol. The van der Waals surface area contributed by atoms with Crippen LogP contribution in [0.3, 0.4) is 0 Å². The Balaban J connectivity index is 3.17. The lowest BCUT2D eigenvalue weighted by atomic mass is 10.0. The number of esters is 1. The Morgan fingerprint density at radius 2 is 1.92 bits per heavy atom. The van der Waals surface area contributed by atoms with Gasteiger partial charge in [-0.1, -0.05) is 6.58 Å². The molecule has 0 aliphatic carbocycles. The molecule has 0 aliphatic rings. The van der Waals surface area contributed by atoms with E-state index < -0.39 is 39.0 Å². The van der Waals surface area contributed by atoms with Crippen LogP contribution < -0.4 is 16.0 Å². The first-order chi connectivity index (χ1) is 11.9. The number of hydrogen-bond acceptors (Lipinski definition) is 5. The van der Waals surface area contributed by atoms with Crippen molar-refractivity contribution in [3.05, 3.63) is 39.2 Å². The summed E-state index contributed by atoms with van der Waals surface area (Å²) >= 11 is 0. The maximum absolute atomic E-state index is 12.4. The van der Waals surface area contributed by atoms with Crippen molar-refractivity contribution in [3.8, 4) is 0 Å². The van der Waals surface area contributed by atoms with Gasteiger partial charge in [-0.15, -0.1) is 0 Å². The average molecular weight is 385 g/mol. The second-order valence-corrected chi connectivity index (χ2v) is 8.91. The summed E-state index contributed by atoms with van der Waals surface area (Å²) in [6, 6.07) is -0.926. The third kappa shape index (κ3) is 5.25. The second kappa shape index (κ2) is 8.59. The molecule has 0 aliphatic heterocycles. The van der Waals surface area contributed by atoms with Gasteiger partial charge in [-0.2, -0.15) is 0 Å². The van der Waals surface area contributed by atoms with Crippen molar-refractivity contribution in [1.29, 1.82) is 0 Å². The third-order valence-corrected chi connectivity index (χ3v) is 5.27. The molecule has 1 aromatic heterocycles. The molecule has 0 aromatic carbocycles. The van der Waals surface area contributed by atoms with Crippen molar-refractivity contribution >= 4 is 22.5 Å². The normalized spacial score (nSPS) is 13.9. The molecule has 0 fully saturated rings. The number of carbonyl (C=O) groups is 1. The summed E-state index contributed by atoms with van der Waals surface area (Å²) in [6.07, 6.45) is 1.41. The molecule has 1 aromatic rings. The van der Waals surface area contributed by atoms with Crippen molar-refractivity contribution < 1.29 is 13.7 Å². The molecule has 0 unspecified atom stereocenters. The summed E-state index contributed by atoms with van der Waals surface area (Å²) < 4.78 is 21.8. The van der Waals surface area contributed by atoms with Gasteiger partial charge >= 0.3 is 11.7 Å². The summed E-state index contributed by atoms with van der Waals surface area (Å²) in [5, 5.41) is 0. The predicted molar refractivity (Wildman–Crippen MR) is 102 cm³/mol. The van der Waals surface area contributed by atoms with Crippen molar-refractivity contribution in [2.45, 2.75) is 44.9 Å². The predicted octanol–water partition coefficient (Wildman–Crippen LogP) is 0.471. The fourth-order valence-corrected chi connectivity index (χ4v) is 2.92. The number of ether oxygens (including phenoxy) is 1. The van der Waals surface area contributed by atoms with E-state index in [1.807, 2.05) is 0 Å². The number of aryl methyl sites for hydroxylation is 1. The highest BCUT2D eigenvalue weighted by molar-refractivity contribution is 7.84. The fourth-order valence-electron chi connectivity index (χ4n) is 2.13. The monoisotopic (exact) mass is 385 g/mol. The van der Waals surface area contributed by atoms with Gasteiger partial charge in [0.05, 0.1) is 27.9 Å². The first-order valence-corrected chi connectivity index (χ1v) is 9.34. The van der Waals surface area contributed by atoms with Crippen LogP contribution in [0, 0.1) is 0 Å². The number of rotatable bonds is 7. The lowest BCUT2D eigenvalue weighted by molar-refractivity contribution is -0.144. The number of carbonyl (C=O) groups excluding carboxylic acids is 1. The Hall–Kier alpha value is -2.00. The Morgan fingerprint density at radius 3 is 2.42 bits per heavy atom. The van der Waals surface area contributed by atoms with Crippen LogP contribution in [0.2, 0.25) is 0 Å². The van der Waals surface area contributed by atoms with Gasteiger partial charge < -0.3 is 9.30 Å². The number of hydrogen-bond donors (Lipinski definition) is 1. The minimum atomic E-state index is -1.51. The molecule has 26 heavy (non-hydrogen) atoms. The zero-order chi connectivity index (χ0) is 20.2. The van der Waals surface area contributed by atoms with E-state index in [0.717, 1.165) is 4.57 Å². The first-order valence-electron chi connectivity index (χ1n) is 8.19. The Morgan fingerprint density at radius 1 is 1.35 bits per heavy atom. The van der Waals surface area contributed by atoms with Gasteiger partial charge in [0.15, 0.2) is 0 Å². The van der Waals surface area contributed by atoms with Gasteiger partial charge in [-0.05, 0) is 39.7 Å². The highest BCUT2D eigenvalue weighted by Crippen LogP contribution is 2.17. The molecule has 1 heterocycles. The van der Waals surface area contributed by atoms with Crippen LogP contribution in [0.5, 0.6) is 0 Å². The Bertz CT molecular complexity index is 832. The van der Waals surface area contributed by atoms with E-state index in [4.69, 9.17) is 4.74 Å². The van der Waals surface area contributed by atoms with Crippen LogP contribution in [0.4, 0.5) is 0 Å². The molecule has 0 saturated carbocycles. The standard InChI is InChI=1S/C17H27N3O5S/c1-8-25-15(22)13(18-26(24)17(3,4)5)9-11(2)12-10-19(6)16(23)20(7)14(12)21/h10,13,18H,2,8-9H2,1,3-7H3/t13-,26-/m0/s1. The second-order valence-electron chi connectivity index (χ2n) is 6.91. The number of nitrogens with one attached hydrogen (secondary N) is 1. The highest BCUT2D eigenvalue weighted by Gasteiger charge is 2.29. The SMILES string of the molecule is C=C(C[C@H](N[S@@](=O)C(C)(C)C)C(=O)OCC)c1cn(C)c(=O)n(C)c1=O. The van der Waals surface area contributed by atoms with Crippen LogP contribution >= 0.6 is 0 Å². The molecule has 0 spiro atoms. The summed E-state index contributed by atoms with van der Waals surface area (Å²) in [7, 11) is 1.38. The van der Waals surface area contributed by atoms with Crippen molar-refractivity contribution in [2.75, 3.05) is 6.61 Å². The summed E-state index contributed by atoms with van der Waals surface area (Å²) in [5.41, 5.74) is -0.400. The molecule has 0 bridgehead atoms. The average Bonchev–Trinajstić information content (AvgIpc) is 2.54. The molecule has 9 heteroatoms. The fraction of sp³-hybridized carbons (Fsp3) is 0.588. The minimum absolute atomic E-state index is 0.0219. The number of nitrogens with zero attached hydrogens (tertiary/aromatic N) is 2. The highest BCUT2D eigenvalue weighted by atomic mass is 32.2. The lowest BCUT2D eigenvalue weighted by Crippen LogP contribution is -2.45. The van der Waals surface area contributed by atoms with E-state index in [1.165, 1.54) is 24.9 Å². The molecule has 1 rings (SSSR count). The van der Waals surface area contributed by atoms with Gasteiger partial charge in [-0.3, -0.25) is 14.2 Å². The zero-order valence-corrected chi connectivity index (χ0v) is 16.9. The van der Waals surface area contributed by atoms with E-state index in [1.54, 1.807) is 27.7 Å². The van der Waals surface area contributed by atoms with E-state index in [-0.39, 0.29) is 18.6 Å². The van der Waals surface area contributed by atoms with Gasteiger partial charge in [0.25, 0.3) is 5.56 Å². The Labute approximate surface area is 155 Å². The van der Waals surface area contributed by atoms with Gasteiger partial charge in [0.1, 0.15) is 6.04 Å². The minimum Gasteiger partial charge on any atom is -0.465 e. The Kier molecular flexibility index (Phi) is 7.28. The molecule has 0 saturated heterocycles. The molecule has 146 valence electrons. The van der Waals surface area contributed by atoms with Crippen LogP contribution in [0.15, 0.2) is 22.4 Å². The van der Waals surface area contributed by atoms with E-state index in [9.17, 15) is 18.6 Å². The lowest BCUT2D eigenvalue weighted by Gasteiger charge is -2.23. The summed E-state index contributed by atoms with van der Waals surface area (Å²) in [4.78, 5) is 36.4. The van der Waals surface area contributed by atoms with Crippen LogP contribution in [0.1, 0.15) is 39.7 Å². The van der Waals surface area contributed by atoms with Gasteiger partial charge in [0, 0.05) is 20.3 Å². The van der Waals surface area contributed by atoms with Crippen LogP contribution in [-0.4, -0.2) is 36.7 Å². The van der Waals surface area contributed by atoms with E-state index in [2.05, 4.69) is 11.3 Å². The van der Waals surface area contributed by atoms with Gasteiger partial charge in [-0.25, -0.2) is 13.7 Å². The molecule has 2 atom stereocenters. The topological polar surface area (TPSA) is 99.4 Å². The summed E-state index contributed by atoms with van der Waals surface area (Å²) in [6.45, 7) is 11.0. The van der Waals surface area contributed by atoms with E-state index >= 15 is 0 Å². The van der Waals surface area contributed by atoms with Crippen LogP contribution in [-0.2, 0) is 34.6 Å². The molecule has 0 radical (unpaired) electrons. The molecule has 8 nitrogen and oxygen atoms in total. The van der Waals surface area contributed by atoms with Gasteiger partial charge in [0.2, 0.25) is 0 Å². The van der Waals surface area contributed by atoms with E-state index in [0.29, 0.717) is 5.57 Å². The number of aromatic nitrogens is 2. The smallest absolute Gasteiger partial charge is 0.330 e.